The number of carbonyl (C=O) groups excluding carboxylic acids is 1. The summed E-state index contributed by atoms with van der Waals surface area (Å²) >= 11 is 0. The molecule has 27 heavy (non-hydrogen) atoms. The summed E-state index contributed by atoms with van der Waals surface area (Å²) in [6.07, 6.45) is 2.19. The zero-order valence-electron chi connectivity index (χ0n) is 15.8. The van der Waals surface area contributed by atoms with Crippen molar-refractivity contribution < 1.29 is 9.53 Å². The van der Waals surface area contributed by atoms with E-state index in [0.717, 1.165) is 52.7 Å². The van der Waals surface area contributed by atoms with Gasteiger partial charge in [0.15, 0.2) is 0 Å². The molecule has 1 N–H and O–H groups in total. The van der Waals surface area contributed by atoms with Crippen LogP contribution in [0.1, 0.15) is 34.3 Å². The first-order valence-electron chi connectivity index (χ1n) is 9.49. The highest BCUT2D eigenvalue weighted by Gasteiger charge is 2.19. The van der Waals surface area contributed by atoms with E-state index in [-0.39, 0.29) is 12.0 Å². The van der Waals surface area contributed by atoms with Crippen LogP contribution < -0.4 is 5.32 Å². The highest BCUT2D eigenvalue weighted by molar-refractivity contribution is 6.08. The smallest absolute Gasteiger partial charge is 0.252 e. The molecular formula is C23H24N2O2. The van der Waals surface area contributed by atoms with Crippen LogP contribution in [-0.4, -0.2) is 30.1 Å². The monoisotopic (exact) mass is 360 g/mol. The molecule has 2 aromatic carbocycles. The van der Waals surface area contributed by atoms with Crippen LogP contribution in [0.3, 0.4) is 0 Å². The quantitative estimate of drug-likeness (QED) is 0.749. The van der Waals surface area contributed by atoms with Crippen LogP contribution in [0.25, 0.3) is 22.2 Å². The lowest BCUT2D eigenvalue weighted by molar-refractivity contribution is 0.0859. The summed E-state index contributed by atoms with van der Waals surface area (Å²) in [5.74, 6) is -0.0694. The van der Waals surface area contributed by atoms with Gasteiger partial charge in [-0.2, -0.15) is 0 Å². The zero-order chi connectivity index (χ0) is 18.8. The average molecular weight is 360 g/mol. The van der Waals surface area contributed by atoms with Gasteiger partial charge in [-0.15, -0.1) is 0 Å². The van der Waals surface area contributed by atoms with Crippen LogP contribution in [-0.2, 0) is 4.74 Å². The molecule has 4 heteroatoms. The third-order valence-electron chi connectivity index (χ3n) is 5.08. The second-order valence-corrected chi connectivity index (χ2v) is 7.24. The van der Waals surface area contributed by atoms with Crippen molar-refractivity contribution in [3.8, 4) is 11.3 Å². The number of benzene rings is 2. The van der Waals surface area contributed by atoms with Crippen molar-refractivity contribution in [3.05, 3.63) is 65.2 Å². The van der Waals surface area contributed by atoms with E-state index in [4.69, 9.17) is 9.72 Å². The summed E-state index contributed by atoms with van der Waals surface area (Å²) in [6, 6.07) is 16.1. The third-order valence-corrected chi connectivity index (χ3v) is 5.08. The van der Waals surface area contributed by atoms with E-state index in [1.165, 1.54) is 0 Å². The Morgan fingerprint density at radius 3 is 2.74 bits per heavy atom. The van der Waals surface area contributed by atoms with Gasteiger partial charge in [-0.25, -0.2) is 4.98 Å². The van der Waals surface area contributed by atoms with Crippen LogP contribution >= 0.6 is 0 Å². The normalized spacial score (nSPS) is 16.6. The maximum absolute atomic E-state index is 13.0. The van der Waals surface area contributed by atoms with E-state index < -0.39 is 0 Å². The molecule has 4 rings (SSSR count). The molecule has 1 unspecified atom stereocenters. The van der Waals surface area contributed by atoms with E-state index in [1.54, 1.807) is 0 Å². The summed E-state index contributed by atoms with van der Waals surface area (Å²) in [5, 5.41) is 3.96. The average Bonchev–Trinajstić information content (AvgIpc) is 3.20. The van der Waals surface area contributed by atoms with Crippen molar-refractivity contribution in [3.63, 3.8) is 0 Å². The molecule has 0 saturated carbocycles. The number of pyridine rings is 1. The van der Waals surface area contributed by atoms with Crippen molar-refractivity contribution in [1.29, 1.82) is 0 Å². The third kappa shape index (κ3) is 3.71. The number of carbonyl (C=O) groups is 1. The fraction of sp³-hybridized carbons (Fsp3) is 0.304. The van der Waals surface area contributed by atoms with E-state index >= 15 is 0 Å². The number of ether oxygens (including phenoxy) is 1. The van der Waals surface area contributed by atoms with E-state index in [1.807, 2.05) is 56.3 Å². The second kappa shape index (κ2) is 7.49. The summed E-state index contributed by atoms with van der Waals surface area (Å²) in [4.78, 5) is 17.9. The fourth-order valence-electron chi connectivity index (χ4n) is 3.73. The largest absolute Gasteiger partial charge is 0.376 e. The van der Waals surface area contributed by atoms with Gasteiger partial charge in [-0.1, -0.05) is 42.0 Å². The number of aryl methyl sites for hydroxylation is 2. The lowest BCUT2D eigenvalue weighted by Crippen LogP contribution is -2.32. The molecule has 3 aromatic rings. The van der Waals surface area contributed by atoms with Gasteiger partial charge < -0.3 is 10.1 Å². The number of hydrogen-bond acceptors (Lipinski definition) is 3. The van der Waals surface area contributed by atoms with Gasteiger partial charge >= 0.3 is 0 Å². The highest BCUT2D eigenvalue weighted by Crippen LogP contribution is 2.28. The number of aromatic nitrogens is 1. The van der Waals surface area contributed by atoms with Crippen LogP contribution in [0.15, 0.2) is 48.5 Å². The van der Waals surface area contributed by atoms with Gasteiger partial charge in [0.25, 0.3) is 5.91 Å². The standard InChI is InChI=1S/C23H24N2O2/c1-15-11-16(2)22-19(12-15)20(23(26)24-14-18-9-6-10-27-18)13-21(25-22)17-7-4-3-5-8-17/h3-5,7-8,11-13,18H,6,9-10,14H2,1-2H3,(H,24,26). The van der Waals surface area contributed by atoms with Crippen molar-refractivity contribution in [2.75, 3.05) is 13.2 Å². The maximum atomic E-state index is 13.0. The summed E-state index contributed by atoms with van der Waals surface area (Å²) in [7, 11) is 0. The van der Waals surface area contributed by atoms with Gasteiger partial charge in [0.05, 0.1) is 22.9 Å². The molecule has 1 aliphatic heterocycles. The Morgan fingerprint density at radius 1 is 1.19 bits per heavy atom. The molecule has 138 valence electrons. The van der Waals surface area contributed by atoms with Crippen LogP contribution in [0, 0.1) is 13.8 Å². The molecule has 0 aliphatic carbocycles. The first-order valence-corrected chi connectivity index (χ1v) is 9.49. The molecule has 0 bridgehead atoms. The summed E-state index contributed by atoms with van der Waals surface area (Å²) in [5.41, 5.74) is 5.58. The second-order valence-electron chi connectivity index (χ2n) is 7.24. The van der Waals surface area contributed by atoms with Crippen molar-refractivity contribution >= 4 is 16.8 Å². The molecule has 1 aliphatic rings. The predicted octanol–water partition coefficient (Wildman–Crippen LogP) is 4.43. The molecule has 1 atom stereocenters. The Balaban J connectivity index is 1.77. The van der Waals surface area contributed by atoms with E-state index in [9.17, 15) is 4.79 Å². The maximum Gasteiger partial charge on any atom is 0.252 e. The van der Waals surface area contributed by atoms with Gasteiger partial charge in [0.2, 0.25) is 0 Å². The first-order chi connectivity index (χ1) is 13.1. The fourth-order valence-corrected chi connectivity index (χ4v) is 3.73. The molecule has 1 saturated heterocycles. The zero-order valence-corrected chi connectivity index (χ0v) is 15.8. The molecule has 4 nitrogen and oxygen atoms in total. The lowest BCUT2D eigenvalue weighted by Gasteiger charge is -2.14. The first kappa shape index (κ1) is 17.7. The molecule has 0 spiro atoms. The highest BCUT2D eigenvalue weighted by atomic mass is 16.5. The topological polar surface area (TPSA) is 51.2 Å². The van der Waals surface area contributed by atoms with Crippen molar-refractivity contribution in [2.45, 2.75) is 32.8 Å². The number of amides is 1. The molecule has 1 amide bonds. The molecule has 0 radical (unpaired) electrons. The van der Waals surface area contributed by atoms with Gasteiger partial charge in [0.1, 0.15) is 0 Å². The van der Waals surface area contributed by atoms with Crippen LogP contribution in [0.5, 0.6) is 0 Å². The van der Waals surface area contributed by atoms with Gasteiger partial charge in [-0.05, 0) is 44.4 Å². The SMILES string of the molecule is Cc1cc(C)c2nc(-c3ccccc3)cc(C(=O)NCC3CCCO3)c2c1. The van der Waals surface area contributed by atoms with Crippen LogP contribution in [0.2, 0.25) is 0 Å². The molecule has 1 fully saturated rings. The Kier molecular flexibility index (Phi) is 4.90. The van der Waals surface area contributed by atoms with Gasteiger partial charge in [-0.3, -0.25) is 4.79 Å². The lowest BCUT2D eigenvalue weighted by atomic mass is 9.99. The predicted molar refractivity (Wildman–Crippen MR) is 108 cm³/mol. The minimum absolute atomic E-state index is 0.0694. The summed E-state index contributed by atoms with van der Waals surface area (Å²) < 4.78 is 5.63. The Labute approximate surface area is 159 Å². The Morgan fingerprint density at radius 2 is 2.00 bits per heavy atom. The van der Waals surface area contributed by atoms with Crippen LogP contribution in [0.4, 0.5) is 0 Å². The number of fused-ring (bicyclic) bond motifs is 1. The molecular weight excluding hydrogens is 336 g/mol. The van der Waals surface area contributed by atoms with Crippen molar-refractivity contribution in [2.24, 2.45) is 0 Å². The number of nitrogens with zero attached hydrogens (tertiary/aromatic N) is 1. The summed E-state index contributed by atoms with van der Waals surface area (Å²) in [6.45, 7) is 5.43. The van der Waals surface area contributed by atoms with Crippen molar-refractivity contribution in [1.82, 2.24) is 10.3 Å². The minimum Gasteiger partial charge on any atom is -0.376 e. The Hall–Kier alpha value is -2.72. The number of hydrogen-bond donors (Lipinski definition) is 1. The van der Waals surface area contributed by atoms with Gasteiger partial charge in [0, 0.05) is 24.1 Å². The number of nitrogens with one attached hydrogen (secondary N) is 1. The number of rotatable bonds is 4. The molecule has 1 aromatic heterocycles. The Bertz CT molecular complexity index is 977. The minimum atomic E-state index is -0.0694. The van der Waals surface area contributed by atoms with E-state index in [2.05, 4.69) is 11.4 Å². The van der Waals surface area contributed by atoms with E-state index in [0.29, 0.717) is 12.1 Å². The molecule has 2 heterocycles.